The molecule has 2 N–H and O–H groups in total. The smallest absolute Gasteiger partial charge is 0.323 e. The molecule has 2 saturated heterocycles. The Balaban J connectivity index is 1.48. The predicted molar refractivity (Wildman–Crippen MR) is 83.5 cm³/mol. The highest BCUT2D eigenvalue weighted by atomic mass is 19.1. The maximum atomic E-state index is 14.4. The monoisotopic (exact) mass is 360 g/mol. The van der Waals surface area contributed by atoms with Crippen molar-refractivity contribution < 1.29 is 32.9 Å². The van der Waals surface area contributed by atoms with Crippen molar-refractivity contribution in [2.75, 3.05) is 33.5 Å². The van der Waals surface area contributed by atoms with Crippen LogP contribution in [-0.2, 0) is 23.7 Å². The minimum atomic E-state index is -1.10. The van der Waals surface area contributed by atoms with Gasteiger partial charge >= 0.3 is 6.03 Å². The van der Waals surface area contributed by atoms with Gasteiger partial charge in [-0.2, -0.15) is 0 Å². The quantitative estimate of drug-likeness (QED) is 0.637. The van der Waals surface area contributed by atoms with E-state index in [2.05, 4.69) is 10.6 Å². The third-order valence-corrected chi connectivity index (χ3v) is 5.00. The Hall–Kier alpha value is -1.29. The molecule has 3 fully saturated rings. The molecule has 0 aromatic heterocycles. The minimum absolute atomic E-state index is 0.0465. The maximum Gasteiger partial charge on any atom is 0.323 e. The fraction of sp³-hybridized carbons (Fsp3) is 0.875. The highest BCUT2D eigenvalue weighted by Gasteiger charge is 2.49. The summed E-state index contributed by atoms with van der Waals surface area (Å²) in [5.41, 5.74) is 0. The van der Waals surface area contributed by atoms with E-state index in [1.807, 2.05) is 0 Å². The molecule has 2 heterocycles. The van der Waals surface area contributed by atoms with Gasteiger partial charge in [0.25, 0.3) is 0 Å². The number of hydrogen-bond acceptors (Lipinski definition) is 6. The third-order valence-electron chi connectivity index (χ3n) is 5.00. The van der Waals surface area contributed by atoms with E-state index < -0.39 is 30.5 Å². The molecule has 2 aliphatic heterocycles. The second-order valence-corrected chi connectivity index (χ2v) is 6.66. The van der Waals surface area contributed by atoms with Gasteiger partial charge in [0, 0.05) is 13.5 Å². The van der Waals surface area contributed by atoms with Crippen molar-refractivity contribution in [2.45, 2.75) is 43.9 Å². The van der Waals surface area contributed by atoms with E-state index in [4.69, 9.17) is 18.9 Å². The first-order valence-electron chi connectivity index (χ1n) is 8.67. The van der Waals surface area contributed by atoms with Crippen LogP contribution in [0.3, 0.4) is 0 Å². The van der Waals surface area contributed by atoms with Crippen molar-refractivity contribution in [2.24, 2.45) is 11.8 Å². The zero-order valence-corrected chi connectivity index (χ0v) is 14.2. The molecule has 0 aromatic rings. The van der Waals surface area contributed by atoms with Crippen molar-refractivity contribution in [1.29, 1.82) is 0 Å². The average Bonchev–Trinajstić information content (AvgIpc) is 2.57. The number of methoxy groups -OCH3 is 1. The minimum Gasteiger partial charge on any atom is -0.382 e. The second kappa shape index (κ2) is 8.39. The lowest BCUT2D eigenvalue weighted by molar-refractivity contribution is -0.183. The van der Waals surface area contributed by atoms with Gasteiger partial charge in [-0.05, 0) is 18.8 Å². The average molecular weight is 360 g/mol. The standard InChI is InChI=1S/C16H25FN2O6/c1-22-2-3-23-4-5-24-13-8-12-9(7-11(13)17)6-10-14(20)18-16(21)19-15(10)25-12/h9-13,15H,2-8H2,1H3,(H2,18,19,20,21). The fourth-order valence-corrected chi connectivity index (χ4v) is 3.73. The lowest BCUT2D eigenvalue weighted by Crippen LogP contribution is -2.64. The molecule has 6 unspecified atom stereocenters. The molecule has 3 amide bonds. The number of urea groups is 1. The summed E-state index contributed by atoms with van der Waals surface area (Å²) in [6, 6.07) is -0.551. The molecule has 0 bridgehead atoms. The first-order valence-corrected chi connectivity index (χ1v) is 8.67. The van der Waals surface area contributed by atoms with Gasteiger partial charge in [-0.1, -0.05) is 0 Å². The summed E-state index contributed by atoms with van der Waals surface area (Å²) in [6.07, 6.45) is -1.31. The summed E-state index contributed by atoms with van der Waals surface area (Å²) in [7, 11) is 1.60. The number of rotatable bonds is 7. The SMILES string of the molecule is COCCOCCOC1CC2OC3NC(=O)NC(=O)C3CC2CC1F. The number of nitrogens with one attached hydrogen (secondary N) is 2. The van der Waals surface area contributed by atoms with Crippen molar-refractivity contribution in [3.8, 4) is 0 Å². The molecule has 25 heavy (non-hydrogen) atoms. The number of alkyl halides is 1. The summed E-state index contributed by atoms with van der Waals surface area (Å²) in [5, 5.41) is 4.85. The van der Waals surface area contributed by atoms with Crippen molar-refractivity contribution in [3.05, 3.63) is 0 Å². The molecular weight excluding hydrogens is 335 g/mol. The molecule has 0 spiro atoms. The summed E-state index contributed by atoms with van der Waals surface area (Å²) in [4.78, 5) is 23.3. The Bertz CT molecular complexity index is 493. The first kappa shape index (κ1) is 18.5. The zero-order valence-electron chi connectivity index (χ0n) is 14.2. The molecule has 8 nitrogen and oxygen atoms in total. The second-order valence-electron chi connectivity index (χ2n) is 6.66. The van der Waals surface area contributed by atoms with E-state index in [1.165, 1.54) is 0 Å². The molecule has 6 atom stereocenters. The van der Waals surface area contributed by atoms with Gasteiger partial charge in [0.05, 0.1) is 44.6 Å². The Kier molecular flexibility index (Phi) is 6.21. The number of fused-ring (bicyclic) bond motifs is 2. The summed E-state index contributed by atoms with van der Waals surface area (Å²) in [6.45, 7) is 1.66. The van der Waals surface area contributed by atoms with E-state index in [0.29, 0.717) is 45.7 Å². The molecule has 0 aromatic carbocycles. The lowest BCUT2D eigenvalue weighted by Gasteiger charge is -2.47. The van der Waals surface area contributed by atoms with Gasteiger partial charge in [-0.25, -0.2) is 9.18 Å². The van der Waals surface area contributed by atoms with E-state index in [-0.39, 0.29) is 17.9 Å². The Morgan fingerprint density at radius 2 is 1.96 bits per heavy atom. The molecule has 9 heteroatoms. The van der Waals surface area contributed by atoms with Gasteiger partial charge in [0.15, 0.2) is 0 Å². The lowest BCUT2D eigenvalue weighted by atomic mass is 9.75. The van der Waals surface area contributed by atoms with Crippen molar-refractivity contribution >= 4 is 11.9 Å². The predicted octanol–water partition coefficient (Wildman–Crippen LogP) is 0.353. The summed E-state index contributed by atoms with van der Waals surface area (Å²) < 4.78 is 36.1. The summed E-state index contributed by atoms with van der Waals surface area (Å²) >= 11 is 0. The largest absolute Gasteiger partial charge is 0.382 e. The number of carbonyl (C=O) groups is 2. The van der Waals surface area contributed by atoms with Crippen LogP contribution in [0.5, 0.6) is 0 Å². The number of amides is 3. The number of hydrogen-bond donors (Lipinski definition) is 2. The zero-order chi connectivity index (χ0) is 17.8. The molecule has 1 aliphatic carbocycles. The first-order chi connectivity index (χ1) is 12.1. The molecule has 3 rings (SSSR count). The highest BCUT2D eigenvalue weighted by molar-refractivity contribution is 5.98. The maximum absolute atomic E-state index is 14.4. The van der Waals surface area contributed by atoms with E-state index in [0.717, 1.165) is 0 Å². The number of imide groups is 1. The van der Waals surface area contributed by atoms with Crippen LogP contribution in [0.4, 0.5) is 9.18 Å². The number of ether oxygens (including phenoxy) is 4. The van der Waals surface area contributed by atoms with Crippen LogP contribution < -0.4 is 10.6 Å². The molecule has 0 radical (unpaired) electrons. The van der Waals surface area contributed by atoms with Crippen molar-refractivity contribution in [1.82, 2.24) is 10.6 Å². The van der Waals surface area contributed by atoms with E-state index >= 15 is 0 Å². The van der Waals surface area contributed by atoms with Crippen LogP contribution in [0.1, 0.15) is 19.3 Å². The van der Waals surface area contributed by atoms with Gasteiger partial charge in [-0.15, -0.1) is 0 Å². The van der Waals surface area contributed by atoms with Crippen LogP contribution in [-0.4, -0.2) is 70.1 Å². The van der Waals surface area contributed by atoms with Gasteiger partial charge in [-0.3, -0.25) is 10.1 Å². The van der Waals surface area contributed by atoms with Crippen LogP contribution >= 0.6 is 0 Å². The summed E-state index contributed by atoms with van der Waals surface area (Å²) in [5.74, 6) is -0.859. The highest BCUT2D eigenvalue weighted by Crippen LogP contribution is 2.40. The van der Waals surface area contributed by atoms with Crippen LogP contribution in [0.25, 0.3) is 0 Å². The normalized spacial score (nSPS) is 37.7. The van der Waals surface area contributed by atoms with Crippen LogP contribution in [0.2, 0.25) is 0 Å². The van der Waals surface area contributed by atoms with E-state index in [1.54, 1.807) is 7.11 Å². The van der Waals surface area contributed by atoms with Crippen LogP contribution in [0.15, 0.2) is 0 Å². The van der Waals surface area contributed by atoms with Gasteiger partial charge < -0.3 is 24.3 Å². The number of halogens is 1. The molecule has 1 saturated carbocycles. The molecular formula is C16H25FN2O6. The van der Waals surface area contributed by atoms with E-state index in [9.17, 15) is 14.0 Å². The van der Waals surface area contributed by atoms with Crippen LogP contribution in [0, 0.1) is 11.8 Å². The number of carbonyl (C=O) groups excluding carboxylic acids is 2. The third kappa shape index (κ3) is 4.46. The molecule has 3 aliphatic rings. The van der Waals surface area contributed by atoms with Crippen molar-refractivity contribution in [3.63, 3.8) is 0 Å². The Morgan fingerprint density at radius 3 is 2.76 bits per heavy atom. The van der Waals surface area contributed by atoms with Gasteiger partial charge in [0.2, 0.25) is 5.91 Å². The Labute approximate surface area is 145 Å². The van der Waals surface area contributed by atoms with Gasteiger partial charge in [0.1, 0.15) is 12.4 Å². The Morgan fingerprint density at radius 1 is 1.16 bits per heavy atom. The molecule has 142 valence electrons. The topological polar surface area (TPSA) is 95.1 Å². The fourth-order valence-electron chi connectivity index (χ4n) is 3.73.